The molecule has 0 aromatic heterocycles. The van der Waals surface area contributed by atoms with Gasteiger partial charge in [0.05, 0.1) is 18.6 Å². The zero-order valence-corrected chi connectivity index (χ0v) is 16.1. The second kappa shape index (κ2) is 7.96. The molecule has 130 valence electrons. The third kappa shape index (κ3) is 4.35. The van der Waals surface area contributed by atoms with Crippen LogP contribution in [-0.2, 0) is 4.79 Å². The molecule has 0 aliphatic carbocycles. The van der Waals surface area contributed by atoms with Gasteiger partial charge in [-0.2, -0.15) is 0 Å². The molecular weight excluding hydrogens is 284 g/mol. The zero-order chi connectivity index (χ0) is 17.7. The Labute approximate surface area is 142 Å². The maximum Gasteiger partial charge on any atom is 0.279 e. The predicted octanol–water partition coefficient (Wildman–Crippen LogP) is 4.68. The fraction of sp³-hybridized carbons (Fsp3) is 0.650. The number of carbonyl (C=O) groups excluding carboxylic acids is 1. The highest BCUT2D eigenvalue weighted by atomic mass is 16.2. The van der Waals surface area contributed by atoms with E-state index in [-0.39, 0.29) is 11.4 Å². The van der Waals surface area contributed by atoms with E-state index in [1.807, 2.05) is 32.0 Å². The molecule has 1 amide bonds. The highest BCUT2D eigenvalue weighted by Crippen LogP contribution is 2.30. The molecule has 0 unspecified atom stereocenters. The smallest absolute Gasteiger partial charge is 0.279 e. The molecule has 0 aliphatic heterocycles. The summed E-state index contributed by atoms with van der Waals surface area (Å²) in [6.45, 7) is 17.8. The minimum Gasteiger partial charge on any atom is -0.321 e. The quantitative estimate of drug-likeness (QED) is 0.693. The molecule has 0 saturated heterocycles. The number of hydrogen-bond donors (Lipinski definition) is 1. The second-order valence-corrected chi connectivity index (χ2v) is 7.31. The Hall–Kier alpha value is -1.35. The number of quaternary nitrogens is 1. The Bertz CT molecular complexity index is 510. The number of likely N-dealkylation sites (N-methyl/N-ethyl adjacent to an activating group) is 1. The topological polar surface area (TPSA) is 29.1 Å². The molecule has 1 aromatic carbocycles. The summed E-state index contributed by atoms with van der Waals surface area (Å²) in [5, 5.41) is 3.16. The van der Waals surface area contributed by atoms with Gasteiger partial charge in [0, 0.05) is 12.1 Å². The summed E-state index contributed by atoms with van der Waals surface area (Å²) in [7, 11) is 0. The highest BCUT2D eigenvalue weighted by molar-refractivity contribution is 5.93. The molecule has 0 saturated carbocycles. The van der Waals surface area contributed by atoms with Crippen LogP contribution < -0.4 is 5.32 Å². The highest BCUT2D eigenvalue weighted by Gasteiger charge is 2.42. The van der Waals surface area contributed by atoms with E-state index in [0.29, 0.717) is 6.54 Å². The van der Waals surface area contributed by atoms with Crippen molar-refractivity contribution in [1.29, 1.82) is 0 Å². The van der Waals surface area contributed by atoms with Crippen molar-refractivity contribution in [3.05, 3.63) is 29.3 Å². The molecular formula is C20H35N2O+. The number of nitrogens with zero attached hydrogens (tertiary/aromatic N) is 1. The minimum atomic E-state index is 0.108. The first-order chi connectivity index (χ1) is 10.7. The number of anilines is 1. The molecule has 1 N–H and O–H groups in total. The summed E-state index contributed by atoms with van der Waals surface area (Å²) in [5.74, 6) is 0.121. The number of rotatable bonds is 8. The lowest BCUT2D eigenvalue weighted by molar-refractivity contribution is -0.963. The van der Waals surface area contributed by atoms with E-state index >= 15 is 0 Å². The maximum absolute atomic E-state index is 12.8. The van der Waals surface area contributed by atoms with Crippen LogP contribution in [0.25, 0.3) is 0 Å². The number of amides is 1. The van der Waals surface area contributed by atoms with Crippen LogP contribution >= 0.6 is 0 Å². The van der Waals surface area contributed by atoms with Gasteiger partial charge in [0.15, 0.2) is 6.54 Å². The standard InChI is InChI=1S/C20H34N2O/c1-8-14-20(6,7)22(9-2,10-3)15-18(23)21-19-16(4)12-11-13-17(19)5/h11-13H,8-10,14-15H2,1-7H3/p+1. The van der Waals surface area contributed by atoms with Crippen molar-refractivity contribution < 1.29 is 9.28 Å². The Morgan fingerprint density at radius 1 is 1.09 bits per heavy atom. The molecule has 0 heterocycles. The molecule has 0 spiro atoms. The number of carbonyl (C=O) groups is 1. The van der Waals surface area contributed by atoms with Crippen LogP contribution in [-0.4, -0.2) is 35.6 Å². The Kier molecular flexibility index (Phi) is 6.82. The predicted molar refractivity (Wildman–Crippen MR) is 99.7 cm³/mol. The van der Waals surface area contributed by atoms with Crippen molar-refractivity contribution >= 4 is 11.6 Å². The molecule has 0 fully saturated rings. The van der Waals surface area contributed by atoms with Crippen LogP contribution in [0, 0.1) is 13.8 Å². The number of benzene rings is 1. The van der Waals surface area contributed by atoms with Crippen LogP contribution in [0.1, 0.15) is 58.6 Å². The zero-order valence-electron chi connectivity index (χ0n) is 16.1. The lowest BCUT2D eigenvalue weighted by atomic mass is 9.92. The van der Waals surface area contributed by atoms with Crippen molar-refractivity contribution in [3.8, 4) is 0 Å². The number of para-hydroxylation sites is 1. The van der Waals surface area contributed by atoms with E-state index in [2.05, 4.69) is 39.9 Å². The molecule has 23 heavy (non-hydrogen) atoms. The SMILES string of the molecule is CCCC(C)(C)[N+](CC)(CC)CC(=O)Nc1c(C)cccc1C. The third-order valence-corrected chi connectivity index (χ3v) is 5.55. The molecule has 0 aliphatic rings. The Morgan fingerprint density at radius 3 is 2.04 bits per heavy atom. The van der Waals surface area contributed by atoms with Crippen molar-refractivity contribution in [2.75, 3.05) is 25.0 Å². The summed E-state index contributed by atoms with van der Waals surface area (Å²) in [4.78, 5) is 12.8. The first-order valence-electron chi connectivity index (χ1n) is 8.95. The van der Waals surface area contributed by atoms with E-state index in [4.69, 9.17) is 0 Å². The van der Waals surface area contributed by atoms with Gasteiger partial charge < -0.3 is 9.80 Å². The van der Waals surface area contributed by atoms with Crippen molar-refractivity contribution in [1.82, 2.24) is 0 Å². The Morgan fingerprint density at radius 2 is 1.61 bits per heavy atom. The first-order valence-corrected chi connectivity index (χ1v) is 8.95. The summed E-state index contributed by atoms with van der Waals surface area (Å²) in [6, 6.07) is 6.12. The van der Waals surface area contributed by atoms with E-state index in [1.165, 1.54) is 0 Å². The van der Waals surface area contributed by atoms with Crippen molar-refractivity contribution in [3.63, 3.8) is 0 Å². The summed E-state index contributed by atoms with van der Waals surface area (Å²) in [6.07, 6.45) is 2.27. The summed E-state index contributed by atoms with van der Waals surface area (Å²) >= 11 is 0. The van der Waals surface area contributed by atoms with E-state index in [0.717, 1.165) is 47.2 Å². The molecule has 1 rings (SSSR count). The monoisotopic (exact) mass is 319 g/mol. The van der Waals surface area contributed by atoms with Gasteiger partial charge in [-0.25, -0.2) is 0 Å². The average molecular weight is 320 g/mol. The lowest BCUT2D eigenvalue weighted by Crippen LogP contribution is -2.63. The molecule has 3 heteroatoms. The van der Waals surface area contributed by atoms with Gasteiger partial charge in [-0.1, -0.05) is 31.5 Å². The van der Waals surface area contributed by atoms with E-state index < -0.39 is 0 Å². The summed E-state index contributed by atoms with van der Waals surface area (Å²) in [5.41, 5.74) is 3.32. The summed E-state index contributed by atoms with van der Waals surface area (Å²) < 4.78 is 0.831. The fourth-order valence-electron chi connectivity index (χ4n) is 3.83. The van der Waals surface area contributed by atoms with Gasteiger partial charge in [0.2, 0.25) is 0 Å². The molecule has 1 aromatic rings. The first kappa shape index (κ1) is 19.7. The van der Waals surface area contributed by atoms with Crippen LogP contribution in [0.15, 0.2) is 18.2 Å². The molecule has 0 atom stereocenters. The van der Waals surface area contributed by atoms with Gasteiger partial charge >= 0.3 is 0 Å². The van der Waals surface area contributed by atoms with Gasteiger partial charge in [-0.15, -0.1) is 0 Å². The number of nitrogens with one attached hydrogen (secondary N) is 1. The van der Waals surface area contributed by atoms with Crippen LogP contribution in [0.3, 0.4) is 0 Å². The molecule has 0 bridgehead atoms. The average Bonchev–Trinajstić information content (AvgIpc) is 2.48. The van der Waals surface area contributed by atoms with Gasteiger partial charge in [-0.05, 0) is 52.7 Å². The lowest BCUT2D eigenvalue weighted by Gasteiger charge is -2.49. The number of aryl methyl sites for hydroxylation is 2. The maximum atomic E-state index is 12.8. The van der Waals surface area contributed by atoms with Gasteiger partial charge in [0.25, 0.3) is 5.91 Å². The van der Waals surface area contributed by atoms with Crippen LogP contribution in [0.2, 0.25) is 0 Å². The second-order valence-electron chi connectivity index (χ2n) is 7.31. The number of hydrogen-bond acceptors (Lipinski definition) is 1. The van der Waals surface area contributed by atoms with Gasteiger partial charge in [0.1, 0.15) is 0 Å². The largest absolute Gasteiger partial charge is 0.321 e. The van der Waals surface area contributed by atoms with Crippen LogP contribution in [0.5, 0.6) is 0 Å². The van der Waals surface area contributed by atoms with E-state index in [1.54, 1.807) is 0 Å². The van der Waals surface area contributed by atoms with E-state index in [9.17, 15) is 4.79 Å². The Balaban J connectivity index is 2.99. The normalized spacial score (nSPS) is 12.3. The van der Waals surface area contributed by atoms with Gasteiger partial charge in [-0.3, -0.25) is 4.79 Å². The van der Waals surface area contributed by atoms with Crippen molar-refractivity contribution in [2.24, 2.45) is 0 Å². The third-order valence-electron chi connectivity index (χ3n) is 5.55. The van der Waals surface area contributed by atoms with Crippen LogP contribution in [0.4, 0.5) is 5.69 Å². The minimum absolute atomic E-state index is 0.108. The fourth-order valence-corrected chi connectivity index (χ4v) is 3.83. The molecule has 3 nitrogen and oxygen atoms in total. The van der Waals surface area contributed by atoms with Crippen molar-refractivity contribution in [2.45, 2.75) is 66.8 Å². The molecule has 0 radical (unpaired) electrons.